The summed E-state index contributed by atoms with van der Waals surface area (Å²) in [6, 6.07) is 1.27. The van der Waals surface area contributed by atoms with Crippen molar-refractivity contribution in [3.05, 3.63) is 35.1 Å². The van der Waals surface area contributed by atoms with Gasteiger partial charge in [0.1, 0.15) is 5.82 Å². The molecule has 1 rings (SSSR count). The molecule has 2 atom stereocenters. The van der Waals surface area contributed by atoms with E-state index in [1.807, 2.05) is 0 Å². The van der Waals surface area contributed by atoms with E-state index in [0.717, 1.165) is 12.1 Å². The number of alkyl halides is 3. The van der Waals surface area contributed by atoms with E-state index in [0.29, 0.717) is 6.07 Å². The van der Waals surface area contributed by atoms with Gasteiger partial charge in [0.05, 0.1) is 12.0 Å². The summed E-state index contributed by atoms with van der Waals surface area (Å²) >= 11 is 0. The van der Waals surface area contributed by atoms with Crippen LogP contribution in [0.1, 0.15) is 30.4 Å². The first kappa shape index (κ1) is 15.4. The van der Waals surface area contributed by atoms with Gasteiger partial charge >= 0.3 is 12.1 Å². The minimum Gasteiger partial charge on any atom is -0.481 e. The number of rotatable bonds is 4. The summed E-state index contributed by atoms with van der Waals surface area (Å²) in [4.78, 5) is 10.7. The van der Waals surface area contributed by atoms with Crippen LogP contribution in [0.4, 0.5) is 17.6 Å². The number of halogens is 4. The largest absolute Gasteiger partial charge is 0.481 e. The lowest BCUT2D eigenvalue weighted by Crippen LogP contribution is -2.27. The SMILES string of the molecule is CC(N)C(CC(=O)O)c1cc(F)cc(C(F)(F)F)c1. The lowest BCUT2D eigenvalue weighted by Gasteiger charge is -2.20. The fourth-order valence-electron chi connectivity index (χ4n) is 1.79. The molecule has 0 aliphatic carbocycles. The number of nitrogens with two attached hydrogens (primary N) is 1. The van der Waals surface area contributed by atoms with Crippen molar-refractivity contribution in [2.45, 2.75) is 31.5 Å². The van der Waals surface area contributed by atoms with Crippen LogP contribution in [-0.2, 0) is 11.0 Å². The van der Waals surface area contributed by atoms with Crippen LogP contribution in [-0.4, -0.2) is 17.1 Å². The van der Waals surface area contributed by atoms with Crippen molar-refractivity contribution in [3.8, 4) is 0 Å². The maximum absolute atomic E-state index is 13.2. The molecule has 3 N–H and O–H groups in total. The first-order valence-electron chi connectivity index (χ1n) is 5.46. The standard InChI is InChI=1S/C12H13F4NO2/c1-6(17)10(5-11(18)19)7-2-8(12(14,15)16)4-9(13)3-7/h2-4,6,10H,5,17H2,1H3,(H,18,19). The second-order valence-electron chi connectivity index (χ2n) is 4.33. The maximum atomic E-state index is 13.2. The number of benzene rings is 1. The lowest BCUT2D eigenvalue weighted by atomic mass is 9.89. The molecule has 0 aliphatic heterocycles. The minimum absolute atomic E-state index is 0.0651. The predicted octanol–water partition coefficient (Wildman–Crippen LogP) is 2.75. The molecule has 0 heterocycles. The third kappa shape index (κ3) is 4.20. The summed E-state index contributed by atoms with van der Waals surface area (Å²) in [7, 11) is 0. The molecule has 0 saturated heterocycles. The van der Waals surface area contributed by atoms with Gasteiger partial charge in [-0.05, 0) is 30.7 Å². The zero-order valence-electron chi connectivity index (χ0n) is 10.0. The quantitative estimate of drug-likeness (QED) is 0.833. The number of hydrogen-bond donors (Lipinski definition) is 2. The number of carboxylic acid groups (broad SMARTS) is 1. The van der Waals surface area contributed by atoms with Crippen LogP contribution in [0, 0.1) is 5.82 Å². The fourth-order valence-corrected chi connectivity index (χ4v) is 1.79. The van der Waals surface area contributed by atoms with Gasteiger partial charge < -0.3 is 10.8 Å². The first-order valence-corrected chi connectivity index (χ1v) is 5.46. The van der Waals surface area contributed by atoms with E-state index in [4.69, 9.17) is 10.8 Å². The molecule has 3 nitrogen and oxygen atoms in total. The number of carboxylic acids is 1. The Morgan fingerprint density at radius 1 is 1.37 bits per heavy atom. The van der Waals surface area contributed by atoms with Gasteiger partial charge in [-0.1, -0.05) is 0 Å². The molecule has 0 amide bonds. The summed E-state index contributed by atoms with van der Waals surface area (Å²) in [5, 5.41) is 8.72. The predicted molar refractivity (Wildman–Crippen MR) is 60.0 cm³/mol. The Balaban J connectivity index is 3.24. The lowest BCUT2D eigenvalue weighted by molar-refractivity contribution is -0.138. The van der Waals surface area contributed by atoms with E-state index in [2.05, 4.69) is 0 Å². The van der Waals surface area contributed by atoms with Gasteiger partial charge in [-0.15, -0.1) is 0 Å². The molecule has 1 aromatic carbocycles. The van der Waals surface area contributed by atoms with Crippen LogP contribution < -0.4 is 5.73 Å². The van der Waals surface area contributed by atoms with E-state index in [1.54, 1.807) is 0 Å². The molecule has 0 spiro atoms. The van der Waals surface area contributed by atoms with Crippen molar-refractivity contribution in [2.24, 2.45) is 5.73 Å². The van der Waals surface area contributed by atoms with E-state index in [9.17, 15) is 22.4 Å². The molecule has 0 saturated carbocycles. The van der Waals surface area contributed by atoms with Crippen molar-refractivity contribution in [3.63, 3.8) is 0 Å². The van der Waals surface area contributed by atoms with Crippen LogP contribution in [0.25, 0.3) is 0 Å². The second kappa shape index (κ2) is 5.56. The molecule has 0 fully saturated rings. The van der Waals surface area contributed by atoms with Crippen LogP contribution >= 0.6 is 0 Å². The van der Waals surface area contributed by atoms with E-state index in [1.165, 1.54) is 6.92 Å². The highest BCUT2D eigenvalue weighted by atomic mass is 19.4. The smallest absolute Gasteiger partial charge is 0.416 e. The highest BCUT2D eigenvalue weighted by Gasteiger charge is 2.32. The Kier molecular flexibility index (Phi) is 4.52. The van der Waals surface area contributed by atoms with E-state index >= 15 is 0 Å². The van der Waals surface area contributed by atoms with Gasteiger partial charge in [-0.2, -0.15) is 13.2 Å². The maximum Gasteiger partial charge on any atom is 0.416 e. The number of hydrogen-bond acceptors (Lipinski definition) is 2. The highest BCUT2D eigenvalue weighted by molar-refractivity contribution is 5.68. The zero-order chi connectivity index (χ0) is 14.8. The van der Waals surface area contributed by atoms with Crippen molar-refractivity contribution in [1.82, 2.24) is 0 Å². The normalized spacial score (nSPS) is 15.1. The van der Waals surface area contributed by atoms with Crippen LogP contribution in [0.15, 0.2) is 18.2 Å². The van der Waals surface area contributed by atoms with Gasteiger partial charge in [-0.3, -0.25) is 4.79 Å². The third-order valence-corrected chi connectivity index (χ3v) is 2.70. The molecule has 0 aromatic heterocycles. The number of carbonyl (C=O) groups is 1. The summed E-state index contributed by atoms with van der Waals surface area (Å²) in [6.45, 7) is 1.46. The van der Waals surface area contributed by atoms with Gasteiger partial charge in [0.25, 0.3) is 0 Å². The van der Waals surface area contributed by atoms with E-state index < -0.39 is 41.9 Å². The molecule has 7 heteroatoms. The zero-order valence-corrected chi connectivity index (χ0v) is 10.0. The average molecular weight is 279 g/mol. The van der Waals surface area contributed by atoms with Crippen molar-refractivity contribution >= 4 is 5.97 Å². The molecular formula is C12H13F4NO2. The molecule has 2 unspecified atom stereocenters. The Morgan fingerprint density at radius 3 is 2.37 bits per heavy atom. The Labute approximate surface area is 107 Å². The van der Waals surface area contributed by atoms with Crippen LogP contribution in [0.5, 0.6) is 0 Å². The monoisotopic (exact) mass is 279 g/mol. The summed E-state index contributed by atoms with van der Waals surface area (Å²) in [5.74, 6) is -3.16. The molecule has 1 aromatic rings. The van der Waals surface area contributed by atoms with E-state index in [-0.39, 0.29) is 5.56 Å². The Morgan fingerprint density at radius 2 is 1.95 bits per heavy atom. The second-order valence-corrected chi connectivity index (χ2v) is 4.33. The molecule has 106 valence electrons. The average Bonchev–Trinajstić information content (AvgIpc) is 2.23. The van der Waals surface area contributed by atoms with Crippen LogP contribution in [0.2, 0.25) is 0 Å². The first-order chi connectivity index (χ1) is 8.61. The molecule has 0 bridgehead atoms. The molecule has 19 heavy (non-hydrogen) atoms. The summed E-state index contributed by atoms with van der Waals surface area (Å²) < 4.78 is 50.9. The Bertz CT molecular complexity index is 471. The Hall–Kier alpha value is -1.63. The molecule has 0 aliphatic rings. The summed E-state index contributed by atoms with van der Waals surface area (Å²) in [6.07, 6.45) is -5.15. The third-order valence-electron chi connectivity index (χ3n) is 2.70. The van der Waals surface area contributed by atoms with Crippen molar-refractivity contribution < 1.29 is 27.5 Å². The van der Waals surface area contributed by atoms with Crippen molar-refractivity contribution in [1.29, 1.82) is 0 Å². The van der Waals surface area contributed by atoms with Gasteiger partial charge in [-0.25, -0.2) is 4.39 Å². The van der Waals surface area contributed by atoms with Gasteiger partial charge in [0, 0.05) is 12.0 Å². The van der Waals surface area contributed by atoms with Gasteiger partial charge in [0.15, 0.2) is 0 Å². The van der Waals surface area contributed by atoms with Crippen molar-refractivity contribution in [2.75, 3.05) is 0 Å². The number of aliphatic carboxylic acids is 1. The topological polar surface area (TPSA) is 63.3 Å². The van der Waals surface area contributed by atoms with Crippen LogP contribution in [0.3, 0.4) is 0 Å². The highest BCUT2D eigenvalue weighted by Crippen LogP contribution is 2.33. The molecular weight excluding hydrogens is 266 g/mol. The van der Waals surface area contributed by atoms with Gasteiger partial charge in [0.2, 0.25) is 0 Å². The fraction of sp³-hybridized carbons (Fsp3) is 0.417. The summed E-state index contributed by atoms with van der Waals surface area (Å²) in [5.41, 5.74) is 4.34. The molecule has 0 radical (unpaired) electrons. The minimum atomic E-state index is -4.69.